The van der Waals surface area contributed by atoms with E-state index in [0.29, 0.717) is 6.04 Å². The lowest BCUT2D eigenvalue weighted by molar-refractivity contribution is 0.431. The maximum absolute atomic E-state index is 3.63. The molecule has 0 aromatic heterocycles. The van der Waals surface area contributed by atoms with Gasteiger partial charge in [-0.15, -0.1) is 0 Å². The van der Waals surface area contributed by atoms with E-state index in [1.165, 1.54) is 22.9 Å². The molecule has 2 atom stereocenters. The molecule has 0 amide bonds. The van der Waals surface area contributed by atoms with Crippen molar-refractivity contribution in [2.24, 2.45) is 11.8 Å². The van der Waals surface area contributed by atoms with Gasteiger partial charge in [-0.2, -0.15) is 0 Å². The van der Waals surface area contributed by atoms with Gasteiger partial charge in [-0.1, -0.05) is 41.1 Å². The van der Waals surface area contributed by atoms with Crippen LogP contribution in [0.4, 0.5) is 0 Å². The molecule has 88 valence electrons. The number of hydrogen-bond donors (Lipinski definition) is 1. The van der Waals surface area contributed by atoms with E-state index < -0.39 is 0 Å². The highest BCUT2D eigenvalue weighted by Gasteiger charge is 2.27. The Bertz CT molecular complexity index is 346. The summed E-state index contributed by atoms with van der Waals surface area (Å²) in [6.07, 6.45) is 2.87. The zero-order chi connectivity index (χ0) is 11.5. The van der Waals surface area contributed by atoms with E-state index in [0.717, 1.165) is 18.4 Å². The third kappa shape index (κ3) is 3.08. The Morgan fingerprint density at radius 3 is 2.62 bits per heavy atom. The van der Waals surface area contributed by atoms with Crippen LogP contribution in [-0.2, 0) is 0 Å². The number of halogens is 1. The summed E-state index contributed by atoms with van der Waals surface area (Å²) in [6, 6.07) is 8.88. The van der Waals surface area contributed by atoms with E-state index >= 15 is 0 Å². The third-order valence-electron chi connectivity index (χ3n) is 3.54. The average molecular weight is 282 g/mol. The summed E-state index contributed by atoms with van der Waals surface area (Å²) < 4.78 is 1.20. The van der Waals surface area contributed by atoms with Gasteiger partial charge in [-0.05, 0) is 49.8 Å². The Morgan fingerprint density at radius 2 is 2.00 bits per heavy atom. The van der Waals surface area contributed by atoms with E-state index in [-0.39, 0.29) is 0 Å². The minimum absolute atomic E-state index is 0.428. The molecule has 0 aliphatic heterocycles. The molecule has 0 bridgehead atoms. The number of rotatable bonds is 5. The van der Waals surface area contributed by atoms with E-state index in [9.17, 15) is 0 Å². The Hall–Kier alpha value is -0.340. The summed E-state index contributed by atoms with van der Waals surface area (Å²) in [5.41, 5.74) is 1.35. The van der Waals surface area contributed by atoms with Gasteiger partial charge in [0.05, 0.1) is 0 Å². The number of nitrogens with one attached hydrogen (secondary N) is 1. The van der Waals surface area contributed by atoms with Crippen LogP contribution in [0.2, 0.25) is 0 Å². The molecule has 0 radical (unpaired) electrons. The number of benzene rings is 1. The molecule has 1 saturated carbocycles. The Balaban J connectivity index is 1.87. The largest absolute Gasteiger partial charge is 0.310 e. The maximum atomic E-state index is 3.63. The summed E-state index contributed by atoms with van der Waals surface area (Å²) in [7, 11) is 0. The quantitative estimate of drug-likeness (QED) is 0.855. The molecular formula is C14H20BrN. The fourth-order valence-electron chi connectivity index (χ4n) is 2.13. The number of hydrogen-bond acceptors (Lipinski definition) is 1. The summed E-state index contributed by atoms with van der Waals surface area (Å²) in [5, 5.41) is 3.63. The van der Waals surface area contributed by atoms with Crippen molar-refractivity contribution in [1.82, 2.24) is 5.32 Å². The van der Waals surface area contributed by atoms with E-state index in [1.54, 1.807) is 0 Å². The SMILES string of the molecule is CC(NCC(C)C1CC1)c1ccccc1Br. The molecule has 1 aromatic carbocycles. The fraction of sp³-hybridized carbons (Fsp3) is 0.571. The molecule has 1 nitrogen and oxygen atoms in total. The summed E-state index contributed by atoms with van der Waals surface area (Å²) in [4.78, 5) is 0. The van der Waals surface area contributed by atoms with Crippen molar-refractivity contribution in [3.63, 3.8) is 0 Å². The van der Waals surface area contributed by atoms with Gasteiger partial charge in [0.15, 0.2) is 0 Å². The van der Waals surface area contributed by atoms with E-state index in [2.05, 4.69) is 59.4 Å². The van der Waals surface area contributed by atoms with Crippen LogP contribution in [0, 0.1) is 11.8 Å². The van der Waals surface area contributed by atoms with Crippen LogP contribution in [0.25, 0.3) is 0 Å². The molecule has 1 aliphatic carbocycles. The first-order valence-corrected chi connectivity index (χ1v) is 6.95. The Morgan fingerprint density at radius 1 is 1.31 bits per heavy atom. The lowest BCUT2D eigenvalue weighted by Crippen LogP contribution is -2.25. The van der Waals surface area contributed by atoms with Crippen molar-refractivity contribution >= 4 is 15.9 Å². The van der Waals surface area contributed by atoms with Gasteiger partial charge >= 0.3 is 0 Å². The molecule has 1 aliphatic rings. The van der Waals surface area contributed by atoms with Gasteiger partial charge in [-0.25, -0.2) is 0 Å². The van der Waals surface area contributed by atoms with Crippen LogP contribution in [-0.4, -0.2) is 6.54 Å². The van der Waals surface area contributed by atoms with Gasteiger partial charge < -0.3 is 5.32 Å². The van der Waals surface area contributed by atoms with Crippen LogP contribution >= 0.6 is 15.9 Å². The van der Waals surface area contributed by atoms with Crippen molar-refractivity contribution in [2.45, 2.75) is 32.7 Å². The van der Waals surface area contributed by atoms with Gasteiger partial charge in [0, 0.05) is 10.5 Å². The van der Waals surface area contributed by atoms with Crippen molar-refractivity contribution in [3.05, 3.63) is 34.3 Å². The van der Waals surface area contributed by atoms with Crippen molar-refractivity contribution in [2.75, 3.05) is 6.54 Å². The first-order valence-electron chi connectivity index (χ1n) is 6.16. The van der Waals surface area contributed by atoms with Crippen molar-refractivity contribution in [1.29, 1.82) is 0 Å². The van der Waals surface area contributed by atoms with Crippen molar-refractivity contribution in [3.8, 4) is 0 Å². The Kier molecular flexibility index (Phi) is 4.04. The standard InChI is InChI=1S/C14H20BrN/c1-10(12-7-8-12)9-16-11(2)13-5-3-4-6-14(13)15/h3-6,10-12,16H,7-9H2,1-2H3. The van der Waals surface area contributed by atoms with Crippen LogP contribution in [0.3, 0.4) is 0 Å². The van der Waals surface area contributed by atoms with E-state index in [4.69, 9.17) is 0 Å². The van der Waals surface area contributed by atoms with Crippen LogP contribution in [0.15, 0.2) is 28.7 Å². The summed E-state index contributed by atoms with van der Waals surface area (Å²) in [5.74, 6) is 1.81. The third-order valence-corrected chi connectivity index (χ3v) is 4.27. The smallest absolute Gasteiger partial charge is 0.0303 e. The lowest BCUT2D eigenvalue weighted by Gasteiger charge is -2.18. The highest BCUT2D eigenvalue weighted by atomic mass is 79.9. The monoisotopic (exact) mass is 281 g/mol. The molecule has 2 heteroatoms. The highest BCUT2D eigenvalue weighted by molar-refractivity contribution is 9.10. The summed E-state index contributed by atoms with van der Waals surface area (Å²) in [6.45, 7) is 5.73. The first-order chi connectivity index (χ1) is 7.68. The zero-order valence-corrected chi connectivity index (χ0v) is 11.6. The molecule has 0 spiro atoms. The summed E-state index contributed by atoms with van der Waals surface area (Å²) >= 11 is 3.61. The van der Waals surface area contributed by atoms with Crippen LogP contribution in [0.1, 0.15) is 38.3 Å². The van der Waals surface area contributed by atoms with Gasteiger partial charge in [0.1, 0.15) is 0 Å². The zero-order valence-electron chi connectivity index (χ0n) is 10.0. The van der Waals surface area contributed by atoms with Gasteiger partial charge in [-0.3, -0.25) is 0 Å². The normalized spacial score (nSPS) is 19.4. The molecule has 1 aromatic rings. The molecule has 2 rings (SSSR count). The van der Waals surface area contributed by atoms with Gasteiger partial charge in [0.2, 0.25) is 0 Å². The second kappa shape index (κ2) is 5.33. The van der Waals surface area contributed by atoms with Crippen LogP contribution < -0.4 is 5.32 Å². The minimum atomic E-state index is 0.428. The predicted octanol–water partition coefficient (Wildman–Crippen LogP) is 4.15. The molecule has 0 saturated heterocycles. The first kappa shape index (κ1) is 12.1. The molecule has 1 N–H and O–H groups in total. The predicted molar refractivity (Wildman–Crippen MR) is 72.4 cm³/mol. The van der Waals surface area contributed by atoms with Gasteiger partial charge in [0.25, 0.3) is 0 Å². The second-order valence-corrected chi connectivity index (χ2v) is 5.82. The molecule has 0 heterocycles. The molecular weight excluding hydrogens is 262 g/mol. The second-order valence-electron chi connectivity index (χ2n) is 4.97. The molecule has 2 unspecified atom stereocenters. The average Bonchev–Trinajstić information content (AvgIpc) is 3.10. The van der Waals surface area contributed by atoms with Crippen LogP contribution in [0.5, 0.6) is 0 Å². The van der Waals surface area contributed by atoms with Crippen molar-refractivity contribution < 1.29 is 0 Å². The highest BCUT2D eigenvalue weighted by Crippen LogP contribution is 2.36. The molecule has 1 fully saturated rings. The van der Waals surface area contributed by atoms with E-state index in [1.807, 2.05) is 0 Å². The minimum Gasteiger partial charge on any atom is -0.310 e. The molecule has 16 heavy (non-hydrogen) atoms. The fourth-order valence-corrected chi connectivity index (χ4v) is 2.76. The maximum Gasteiger partial charge on any atom is 0.0303 e. The topological polar surface area (TPSA) is 12.0 Å². The Labute approximate surface area is 107 Å². The lowest BCUT2D eigenvalue weighted by atomic mass is 10.0.